The van der Waals surface area contributed by atoms with Crippen LogP contribution in [0.1, 0.15) is 36.0 Å². The first-order valence-corrected chi connectivity index (χ1v) is 9.37. The smallest absolute Gasteiger partial charge is 0.253 e. The Kier molecular flexibility index (Phi) is 6.33. The average molecular weight is 396 g/mol. The zero-order valence-corrected chi connectivity index (χ0v) is 15.7. The Morgan fingerprint density at radius 3 is 2.65 bits per heavy atom. The molecular weight excluding hydrogens is 376 g/mol. The van der Waals surface area contributed by atoms with Crippen LogP contribution in [0.4, 0.5) is 10.1 Å². The standard InChI is InChI=1S/C19H20Cl2FN3O/c20-13-3-6-18(21)17(7-13)19(26)25-15-4-1-12(2-5-15)9-24-16-8-14(22)10-23-11-16/h3,6-8,10-12,15,24H,1-2,4-5,9H2,(H,25,26). The van der Waals surface area contributed by atoms with Gasteiger partial charge in [0, 0.05) is 23.7 Å². The highest BCUT2D eigenvalue weighted by Gasteiger charge is 2.23. The summed E-state index contributed by atoms with van der Waals surface area (Å²) in [5.74, 6) is -0.0489. The van der Waals surface area contributed by atoms with Crippen LogP contribution < -0.4 is 10.6 Å². The molecule has 0 radical (unpaired) electrons. The molecule has 2 N–H and O–H groups in total. The maximum absolute atomic E-state index is 13.1. The lowest BCUT2D eigenvalue weighted by Crippen LogP contribution is -2.38. The van der Waals surface area contributed by atoms with Crippen molar-refractivity contribution in [1.29, 1.82) is 0 Å². The van der Waals surface area contributed by atoms with Crippen LogP contribution in [0.15, 0.2) is 36.7 Å². The van der Waals surface area contributed by atoms with Crippen molar-refractivity contribution in [3.05, 3.63) is 58.1 Å². The summed E-state index contributed by atoms with van der Waals surface area (Å²) in [5.41, 5.74) is 1.09. The molecule has 1 aliphatic rings. The predicted octanol–water partition coefficient (Wildman–Crippen LogP) is 4.93. The topological polar surface area (TPSA) is 54.0 Å². The fourth-order valence-electron chi connectivity index (χ4n) is 3.22. The second-order valence-electron chi connectivity index (χ2n) is 6.59. The Labute approximate surface area is 162 Å². The monoisotopic (exact) mass is 395 g/mol. The Balaban J connectivity index is 1.46. The third kappa shape index (κ3) is 5.08. The first-order chi connectivity index (χ1) is 12.5. The lowest BCUT2D eigenvalue weighted by atomic mass is 9.86. The number of halogens is 3. The molecular formula is C19H20Cl2FN3O. The van der Waals surface area contributed by atoms with Crippen LogP contribution in [0, 0.1) is 11.7 Å². The van der Waals surface area contributed by atoms with Crippen molar-refractivity contribution in [1.82, 2.24) is 10.3 Å². The number of nitrogens with one attached hydrogen (secondary N) is 2. The van der Waals surface area contributed by atoms with E-state index in [2.05, 4.69) is 15.6 Å². The summed E-state index contributed by atoms with van der Waals surface area (Å²) in [6.07, 6.45) is 6.58. The number of pyridine rings is 1. The molecule has 0 atom stereocenters. The molecule has 0 unspecified atom stereocenters. The molecule has 7 heteroatoms. The predicted molar refractivity (Wildman–Crippen MR) is 102 cm³/mol. The van der Waals surface area contributed by atoms with E-state index in [-0.39, 0.29) is 17.8 Å². The quantitative estimate of drug-likeness (QED) is 0.754. The SMILES string of the molecule is O=C(NC1CCC(CNc2cncc(F)c2)CC1)c1cc(Cl)ccc1Cl. The van der Waals surface area contributed by atoms with Crippen molar-refractivity contribution < 1.29 is 9.18 Å². The van der Waals surface area contributed by atoms with E-state index in [1.165, 1.54) is 12.3 Å². The normalized spacial score (nSPS) is 19.8. The third-order valence-corrected chi connectivity index (χ3v) is 5.22. The van der Waals surface area contributed by atoms with Crippen LogP contribution in [0.5, 0.6) is 0 Å². The van der Waals surface area contributed by atoms with Crippen molar-refractivity contribution in [2.24, 2.45) is 5.92 Å². The summed E-state index contributed by atoms with van der Waals surface area (Å²) in [4.78, 5) is 16.2. The van der Waals surface area contributed by atoms with Gasteiger partial charge in [-0.15, -0.1) is 0 Å². The lowest BCUT2D eigenvalue weighted by molar-refractivity contribution is 0.0923. The van der Waals surface area contributed by atoms with Gasteiger partial charge in [0.25, 0.3) is 5.91 Å². The first-order valence-electron chi connectivity index (χ1n) is 8.61. The number of rotatable bonds is 5. The van der Waals surface area contributed by atoms with Crippen molar-refractivity contribution >= 4 is 34.8 Å². The molecule has 0 spiro atoms. The number of carbonyl (C=O) groups excluding carboxylic acids is 1. The Morgan fingerprint density at radius 2 is 1.92 bits per heavy atom. The van der Waals surface area contributed by atoms with Gasteiger partial charge in [0.1, 0.15) is 5.82 Å². The molecule has 1 aromatic heterocycles. The van der Waals surface area contributed by atoms with E-state index in [1.807, 2.05) is 0 Å². The maximum Gasteiger partial charge on any atom is 0.253 e. The highest BCUT2D eigenvalue weighted by molar-refractivity contribution is 6.35. The van der Waals surface area contributed by atoms with Gasteiger partial charge in [-0.25, -0.2) is 4.39 Å². The number of amides is 1. The summed E-state index contributed by atoms with van der Waals surface area (Å²) in [6.45, 7) is 0.770. The molecule has 26 heavy (non-hydrogen) atoms. The van der Waals surface area contributed by atoms with Gasteiger partial charge in [0.2, 0.25) is 0 Å². The average Bonchev–Trinajstić information content (AvgIpc) is 2.63. The van der Waals surface area contributed by atoms with Crippen LogP contribution in [-0.2, 0) is 0 Å². The molecule has 1 fully saturated rings. The molecule has 1 heterocycles. The number of aromatic nitrogens is 1. The van der Waals surface area contributed by atoms with Gasteiger partial charge in [-0.1, -0.05) is 23.2 Å². The molecule has 1 aromatic carbocycles. The van der Waals surface area contributed by atoms with Crippen LogP contribution in [-0.4, -0.2) is 23.5 Å². The molecule has 2 aromatic rings. The summed E-state index contributed by atoms with van der Waals surface area (Å²) in [6, 6.07) is 6.44. The lowest BCUT2D eigenvalue weighted by Gasteiger charge is -2.29. The van der Waals surface area contributed by atoms with Crippen molar-refractivity contribution in [2.45, 2.75) is 31.7 Å². The first kappa shape index (κ1) is 18.9. The fourth-order valence-corrected chi connectivity index (χ4v) is 3.59. The molecule has 1 amide bonds. The maximum atomic E-state index is 13.1. The largest absolute Gasteiger partial charge is 0.383 e. The Morgan fingerprint density at radius 1 is 1.15 bits per heavy atom. The fraction of sp³-hybridized carbons (Fsp3) is 0.368. The Hall–Kier alpha value is -1.85. The minimum atomic E-state index is -0.346. The summed E-state index contributed by atoms with van der Waals surface area (Å²) < 4.78 is 13.1. The van der Waals surface area contributed by atoms with Crippen LogP contribution in [0.25, 0.3) is 0 Å². The minimum Gasteiger partial charge on any atom is -0.383 e. The summed E-state index contributed by atoms with van der Waals surface area (Å²) in [5, 5.41) is 7.16. The second kappa shape index (κ2) is 8.69. The van der Waals surface area contributed by atoms with Gasteiger partial charge < -0.3 is 10.6 Å². The molecule has 0 bridgehead atoms. The van der Waals surface area contributed by atoms with E-state index in [0.29, 0.717) is 27.2 Å². The van der Waals surface area contributed by atoms with Gasteiger partial charge >= 0.3 is 0 Å². The zero-order valence-electron chi connectivity index (χ0n) is 14.1. The zero-order chi connectivity index (χ0) is 18.5. The summed E-state index contributed by atoms with van der Waals surface area (Å²) >= 11 is 12.0. The van der Waals surface area contributed by atoms with E-state index in [1.54, 1.807) is 24.4 Å². The van der Waals surface area contributed by atoms with Crippen molar-refractivity contribution in [3.8, 4) is 0 Å². The van der Waals surface area contributed by atoms with Crippen LogP contribution >= 0.6 is 23.2 Å². The van der Waals surface area contributed by atoms with Gasteiger partial charge in [0.15, 0.2) is 0 Å². The minimum absolute atomic E-state index is 0.129. The molecule has 138 valence electrons. The number of carbonyl (C=O) groups is 1. The number of nitrogens with zero attached hydrogens (tertiary/aromatic N) is 1. The molecule has 0 aliphatic heterocycles. The molecule has 1 saturated carbocycles. The highest BCUT2D eigenvalue weighted by atomic mass is 35.5. The molecule has 0 saturated heterocycles. The highest BCUT2D eigenvalue weighted by Crippen LogP contribution is 2.26. The van der Waals surface area contributed by atoms with Crippen molar-refractivity contribution in [3.63, 3.8) is 0 Å². The van der Waals surface area contributed by atoms with E-state index in [9.17, 15) is 9.18 Å². The molecule has 1 aliphatic carbocycles. The van der Waals surface area contributed by atoms with Crippen molar-refractivity contribution in [2.75, 3.05) is 11.9 Å². The van der Waals surface area contributed by atoms with E-state index >= 15 is 0 Å². The van der Waals surface area contributed by atoms with Crippen LogP contribution in [0.2, 0.25) is 10.0 Å². The summed E-state index contributed by atoms with van der Waals surface area (Å²) in [7, 11) is 0. The van der Waals surface area contributed by atoms with E-state index in [4.69, 9.17) is 23.2 Å². The Bertz CT molecular complexity index is 779. The van der Waals surface area contributed by atoms with E-state index in [0.717, 1.165) is 32.2 Å². The molecule has 4 nitrogen and oxygen atoms in total. The van der Waals surface area contributed by atoms with Gasteiger partial charge in [0.05, 0.1) is 28.7 Å². The number of hydrogen-bond donors (Lipinski definition) is 2. The van der Waals surface area contributed by atoms with Gasteiger partial charge in [-0.2, -0.15) is 0 Å². The van der Waals surface area contributed by atoms with Gasteiger partial charge in [-0.05, 0) is 49.8 Å². The van der Waals surface area contributed by atoms with Crippen LogP contribution in [0.3, 0.4) is 0 Å². The van der Waals surface area contributed by atoms with Gasteiger partial charge in [-0.3, -0.25) is 9.78 Å². The number of anilines is 1. The number of hydrogen-bond acceptors (Lipinski definition) is 3. The molecule has 3 rings (SSSR count). The number of benzene rings is 1. The van der Waals surface area contributed by atoms with E-state index < -0.39 is 0 Å². The third-order valence-electron chi connectivity index (χ3n) is 4.65. The second-order valence-corrected chi connectivity index (χ2v) is 7.43.